The number of rotatable bonds is 2. The molecule has 1 amide bonds. The summed E-state index contributed by atoms with van der Waals surface area (Å²) in [4.78, 5) is 18.0. The van der Waals surface area contributed by atoms with Gasteiger partial charge < -0.3 is 9.64 Å². The average molecular weight is 314 g/mol. The minimum absolute atomic E-state index is 0.138. The van der Waals surface area contributed by atoms with Gasteiger partial charge in [0.25, 0.3) is 5.91 Å². The summed E-state index contributed by atoms with van der Waals surface area (Å²) in [6.45, 7) is 3.25. The van der Waals surface area contributed by atoms with Gasteiger partial charge in [-0.2, -0.15) is 0 Å². The maximum absolute atomic E-state index is 13.3. The lowest BCUT2D eigenvalue weighted by atomic mass is 9.65. The van der Waals surface area contributed by atoms with Crippen LogP contribution in [-0.2, 0) is 0 Å². The van der Waals surface area contributed by atoms with Crippen LogP contribution in [0.25, 0.3) is 0 Å². The molecule has 3 aliphatic rings. The van der Waals surface area contributed by atoms with E-state index in [1.165, 1.54) is 19.3 Å². The highest BCUT2D eigenvalue weighted by molar-refractivity contribution is 5.97. The second kappa shape index (κ2) is 5.23. The highest BCUT2D eigenvalue weighted by Crippen LogP contribution is 2.53. The minimum atomic E-state index is 0.138. The summed E-state index contributed by atoms with van der Waals surface area (Å²) in [5.74, 6) is 0.820. The van der Waals surface area contributed by atoms with Gasteiger partial charge in [0, 0.05) is 30.1 Å². The third kappa shape index (κ3) is 2.04. The van der Waals surface area contributed by atoms with Crippen LogP contribution in [-0.4, -0.2) is 54.5 Å². The first-order valence-corrected chi connectivity index (χ1v) is 8.72. The van der Waals surface area contributed by atoms with Crippen LogP contribution in [0.4, 0.5) is 0 Å². The first-order valence-electron chi connectivity index (χ1n) is 8.72. The number of amides is 1. The molecule has 0 radical (unpaired) electrons. The van der Waals surface area contributed by atoms with Gasteiger partial charge in [0.15, 0.2) is 0 Å². The largest absolute Gasteiger partial charge is 0.496 e. The van der Waals surface area contributed by atoms with Gasteiger partial charge in [-0.15, -0.1) is 0 Å². The molecule has 1 saturated carbocycles. The molecule has 2 heterocycles. The number of likely N-dealkylation sites (N-methyl/N-ethyl adjacent to an activating group) is 1. The van der Waals surface area contributed by atoms with Crippen LogP contribution < -0.4 is 4.74 Å². The molecular weight excluding hydrogens is 288 g/mol. The number of methoxy groups -OCH3 is 1. The van der Waals surface area contributed by atoms with Crippen molar-refractivity contribution in [1.29, 1.82) is 0 Å². The van der Waals surface area contributed by atoms with Gasteiger partial charge in [0.1, 0.15) is 5.75 Å². The lowest BCUT2D eigenvalue weighted by Crippen LogP contribution is -2.57. The van der Waals surface area contributed by atoms with Crippen molar-refractivity contribution in [2.24, 2.45) is 5.41 Å². The van der Waals surface area contributed by atoms with Gasteiger partial charge in [0.05, 0.1) is 12.7 Å². The van der Waals surface area contributed by atoms with Gasteiger partial charge in [-0.05, 0) is 44.9 Å². The second-order valence-electron chi connectivity index (χ2n) is 7.65. The molecule has 2 aliphatic heterocycles. The minimum Gasteiger partial charge on any atom is -0.496 e. The first kappa shape index (κ1) is 15.0. The average Bonchev–Trinajstić information content (AvgIpc) is 2.83. The van der Waals surface area contributed by atoms with Crippen molar-refractivity contribution in [1.82, 2.24) is 9.80 Å². The van der Waals surface area contributed by atoms with Crippen molar-refractivity contribution in [2.75, 3.05) is 20.7 Å². The van der Waals surface area contributed by atoms with Crippen molar-refractivity contribution in [3.8, 4) is 5.75 Å². The molecule has 4 rings (SSSR count). The van der Waals surface area contributed by atoms with Gasteiger partial charge in [-0.1, -0.05) is 19.1 Å². The maximum atomic E-state index is 13.3. The monoisotopic (exact) mass is 314 g/mol. The third-order valence-electron chi connectivity index (χ3n) is 6.60. The molecule has 3 fully saturated rings. The van der Waals surface area contributed by atoms with Crippen LogP contribution in [0, 0.1) is 5.41 Å². The number of nitrogens with zero attached hydrogens (tertiary/aromatic N) is 2. The van der Waals surface area contributed by atoms with E-state index in [0.29, 0.717) is 29.4 Å². The summed E-state index contributed by atoms with van der Waals surface area (Å²) in [7, 11) is 3.89. The number of ether oxygens (including phenoxy) is 1. The zero-order valence-corrected chi connectivity index (χ0v) is 14.3. The van der Waals surface area contributed by atoms with Gasteiger partial charge in [-0.25, -0.2) is 0 Å². The Morgan fingerprint density at radius 1 is 1.26 bits per heavy atom. The molecule has 2 bridgehead atoms. The van der Waals surface area contributed by atoms with Gasteiger partial charge in [0.2, 0.25) is 0 Å². The van der Waals surface area contributed by atoms with Crippen molar-refractivity contribution in [2.45, 2.75) is 50.7 Å². The number of benzene rings is 1. The fraction of sp³-hybridized carbons (Fsp3) is 0.632. The van der Waals surface area contributed by atoms with E-state index in [9.17, 15) is 4.79 Å². The van der Waals surface area contributed by atoms with E-state index in [4.69, 9.17) is 4.74 Å². The normalized spacial score (nSPS) is 36.1. The summed E-state index contributed by atoms with van der Waals surface area (Å²) in [5, 5.41) is 0. The number of hydrogen-bond donors (Lipinski definition) is 0. The summed E-state index contributed by atoms with van der Waals surface area (Å²) in [6.07, 6.45) is 4.86. The molecule has 0 unspecified atom stereocenters. The topological polar surface area (TPSA) is 32.8 Å². The van der Waals surface area contributed by atoms with Crippen molar-refractivity contribution >= 4 is 5.91 Å². The zero-order chi connectivity index (χ0) is 16.2. The highest BCUT2D eigenvalue weighted by Gasteiger charge is 2.59. The standard InChI is InChI=1S/C19H26N2O2/c1-19-11-13-12-21(17(19)10-6-9-16(19)20(13)2)18(22)14-7-4-5-8-15(14)23-3/h4-5,7-8,13,16-17H,6,9-12H2,1-3H3/t13-,16-,17+,19-/m0/s1. The van der Waals surface area contributed by atoms with Crippen LogP contribution in [0.3, 0.4) is 0 Å². The molecule has 4 heteroatoms. The quantitative estimate of drug-likeness (QED) is 0.841. The Labute approximate surface area is 138 Å². The Balaban J connectivity index is 1.71. The molecule has 0 aromatic heterocycles. The molecule has 23 heavy (non-hydrogen) atoms. The number of para-hydroxylation sites is 1. The number of fused-ring (bicyclic) bond motifs is 1. The molecule has 1 aromatic carbocycles. The molecule has 0 N–H and O–H groups in total. The summed E-state index contributed by atoms with van der Waals surface area (Å²) in [6, 6.07) is 9.10. The Kier molecular flexibility index (Phi) is 3.41. The fourth-order valence-electron chi connectivity index (χ4n) is 5.49. The van der Waals surface area contributed by atoms with Crippen LogP contribution in [0.1, 0.15) is 43.0 Å². The van der Waals surface area contributed by atoms with E-state index in [2.05, 4.69) is 23.8 Å². The Morgan fingerprint density at radius 3 is 2.78 bits per heavy atom. The molecular formula is C19H26N2O2. The second-order valence-corrected chi connectivity index (χ2v) is 7.65. The molecule has 4 atom stereocenters. The Bertz CT molecular complexity index is 632. The van der Waals surface area contributed by atoms with Crippen LogP contribution >= 0.6 is 0 Å². The predicted molar refractivity (Wildman–Crippen MR) is 89.7 cm³/mol. The van der Waals surface area contributed by atoms with E-state index in [1.54, 1.807) is 7.11 Å². The molecule has 124 valence electrons. The molecule has 2 saturated heterocycles. The molecule has 1 aromatic rings. The van der Waals surface area contributed by atoms with Crippen LogP contribution in [0.15, 0.2) is 24.3 Å². The van der Waals surface area contributed by atoms with Crippen molar-refractivity contribution in [3.63, 3.8) is 0 Å². The lowest BCUT2D eigenvalue weighted by molar-refractivity contribution is 0.0115. The third-order valence-corrected chi connectivity index (χ3v) is 6.60. The number of likely N-dealkylation sites (tertiary alicyclic amines) is 2. The molecule has 4 nitrogen and oxygen atoms in total. The Hall–Kier alpha value is -1.55. The number of carbonyl (C=O) groups is 1. The van der Waals surface area contributed by atoms with Gasteiger partial charge >= 0.3 is 0 Å². The lowest BCUT2D eigenvalue weighted by Gasteiger charge is -2.50. The van der Waals surface area contributed by atoms with E-state index in [-0.39, 0.29) is 11.3 Å². The van der Waals surface area contributed by atoms with Crippen molar-refractivity contribution in [3.05, 3.63) is 29.8 Å². The van der Waals surface area contributed by atoms with E-state index in [1.807, 2.05) is 24.3 Å². The Morgan fingerprint density at radius 2 is 2.00 bits per heavy atom. The summed E-state index contributed by atoms with van der Waals surface area (Å²) >= 11 is 0. The van der Waals surface area contributed by atoms with Crippen LogP contribution in [0.5, 0.6) is 5.75 Å². The maximum Gasteiger partial charge on any atom is 0.257 e. The summed E-state index contributed by atoms with van der Waals surface area (Å²) in [5.41, 5.74) is 0.942. The fourth-order valence-corrected chi connectivity index (χ4v) is 5.49. The van der Waals surface area contributed by atoms with E-state index in [0.717, 1.165) is 13.0 Å². The van der Waals surface area contributed by atoms with E-state index < -0.39 is 0 Å². The van der Waals surface area contributed by atoms with Crippen molar-refractivity contribution < 1.29 is 9.53 Å². The van der Waals surface area contributed by atoms with Gasteiger partial charge in [-0.3, -0.25) is 9.69 Å². The molecule has 1 aliphatic carbocycles. The number of carbonyl (C=O) groups excluding carboxylic acids is 1. The SMILES string of the molecule is COc1ccccc1C(=O)N1C[C@@H]2C[C@@]3(C)[C@H](CCC[C@@H]13)N2C. The smallest absolute Gasteiger partial charge is 0.257 e. The van der Waals surface area contributed by atoms with Crippen LogP contribution in [0.2, 0.25) is 0 Å². The highest BCUT2D eigenvalue weighted by atomic mass is 16.5. The predicted octanol–water partition coefficient (Wildman–Crippen LogP) is 2.78. The summed E-state index contributed by atoms with van der Waals surface area (Å²) < 4.78 is 5.42. The van der Waals surface area contributed by atoms with E-state index >= 15 is 0 Å². The molecule has 0 spiro atoms. The zero-order valence-electron chi connectivity index (χ0n) is 14.3. The first-order chi connectivity index (χ1) is 11.1. The number of hydrogen-bond acceptors (Lipinski definition) is 3. The number of piperidine rings is 1.